The summed E-state index contributed by atoms with van der Waals surface area (Å²) in [5, 5.41) is 12.1. The minimum absolute atomic E-state index is 0.0360. The number of halogens is 1. The first-order valence-corrected chi connectivity index (χ1v) is 11.6. The minimum atomic E-state index is -3.80. The van der Waals surface area contributed by atoms with Crippen molar-refractivity contribution in [1.82, 2.24) is 5.43 Å². The van der Waals surface area contributed by atoms with Crippen LogP contribution in [-0.2, 0) is 21.4 Å². The van der Waals surface area contributed by atoms with E-state index in [1.807, 2.05) is 30.3 Å². The molecule has 0 aliphatic carbocycles. The van der Waals surface area contributed by atoms with Gasteiger partial charge in [-0.05, 0) is 60.2 Å². The summed E-state index contributed by atoms with van der Waals surface area (Å²) in [6.07, 6.45) is 0. The average molecular weight is 484 g/mol. The van der Waals surface area contributed by atoms with Gasteiger partial charge in [0.1, 0.15) is 5.82 Å². The molecule has 1 aliphatic heterocycles. The SMILES string of the molecule is NS(=O)(=O)c1ccc(NC(=S)NN=C2C(=O)N(Cc3ccccc3)c3cc(F)ccc32)cc1. The Morgan fingerprint density at radius 1 is 1.06 bits per heavy atom. The first-order chi connectivity index (χ1) is 15.7. The van der Waals surface area contributed by atoms with Crippen LogP contribution >= 0.6 is 12.2 Å². The summed E-state index contributed by atoms with van der Waals surface area (Å²) in [5.41, 5.74) is 4.98. The summed E-state index contributed by atoms with van der Waals surface area (Å²) in [5.74, 6) is -0.860. The van der Waals surface area contributed by atoms with Gasteiger partial charge in [-0.25, -0.2) is 17.9 Å². The van der Waals surface area contributed by atoms with Crippen LogP contribution < -0.4 is 20.8 Å². The fourth-order valence-corrected chi connectivity index (χ4v) is 3.98. The number of carbonyl (C=O) groups excluding carboxylic acids is 1. The Balaban J connectivity index is 1.52. The Morgan fingerprint density at radius 2 is 1.76 bits per heavy atom. The van der Waals surface area contributed by atoms with Gasteiger partial charge >= 0.3 is 0 Å². The van der Waals surface area contributed by atoms with Crippen molar-refractivity contribution >= 4 is 50.3 Å². The van der Waals surface area contributed by atoms with Crippen molar-refractivity contribution < 1.29 is 17.6 Å². The molecule has 0 spiro atoms. The van der Waals surface area contributed by atoms with E-state index in [0.717, 1.165) is 5.56 Å². The second-order valence-electron chi connectivity index (χ2n) is 7.13. The van der Waals surface area contributed by atoms with E-state index in [-0.39, 0.29) is 22.3 Å². The molecule has 3 aromatic carbocycles. The highest BCUT2D eigenvalue weighted by atomic mass is 32.2. The maximum atomic E-state index is 13.9. The number of rotatable bonds is 5. The second kappa shape index (κ2) is 9.06. The molecule has 33 heavy (non-hydrogen) atoms. The number of fused-ring (bicyclic) bond motifs is 1. The smallest absolute Gasteiger partial charge is 0.279 e. The molecular weight excluding hydrogens is 465 g/mol. The predicted molar refractivity (Wildman–Crippen MR) is 128 cm³/mol. The number of sulfonamides is 1. The molecule has 0 atom stereocenters. The third-order valence-corrected chi connectivity index (χ3v) is 5.97. The fraction of sp³-hybridized carbons (Fsp3) is 0.0455. The van der Waals surface area contributed by atoms with Gasteiger partial charge in [0.05, 0.1) is 17.1 Å². The van der Waals surface area contributed by atoms with E-state index in [4.69, 9.17) is 17.4 Å². The van der Waals surface area contributed by atoms with E-state index >= 15 is 0 Å². The molecule has 4 rings (SSSR count). The monoisotopic (exact) mass is 483 g/mol. The maximum Gasteiger partial charge on any atom is 0.279 e. The first kappa shape index (κ1) is 22.5. The Kier molecular flexibility index (Phi) is 6.18. The summed E-state index contributed by atoms with van der Waals surface area (Å²) in [7, 11) is -3.80. The van der Waals surface area contributed by atoms with Crippen molar-refractivity contribution in [2.75, 3.05) is 10.2 Å². The topological polar surface area (TPSA) is 117 Å². The third-order valence-electron chi connectivity index (χ3n) is 4.85. The highest BCUT2D eigenvalue weighted by Gasteiger charge is 2.34. The van der Waals surface area contributed by atoms with Gasteiger partial charge < -0.3 is 10.2 Å². The minimum Gasteiger partial charge on any atom is -0.331 e. The number of hydrazone groups is 1. The van der Waals surface area contributed by atoms with Crippen LogP contribution in [-0.4, -0.2) is 25.1 Å². The lowest BCUT2D eigenvalue weighted by atomic mass is 10.1. The van der Waals surface area contributed by atoms with Crippen molar-refractivity contribution in [3.8, 4) is 0 Å². The molecule has 1 heterocycles. The second-order valence-corrected chi connectivity index (χ2v) is 9.10. The molecule has 0 unspecified atom stereocenters. The quantitative estimate of drug-likeness (QED) is 0.380. The number of carbonyl (C=O) groups is 1. The number of nitrogens with one attached hydrogen (secondary N) is 2. The Labute approximate surface area is 195 Å². The third kappa shape index (κ3) is 5.06. The van der Waals surface area contributed by atoms with Crippen LogP contribution in [0, 0.1) is 5.82 Å². The Bertz CT molecular complexity index is 1360. The average Bonchev–Trinajstić information content (AvgIpc) is 3.03. The van der Waals surface area contributed by atoms with Gasteiger partial charge in [-0.3, -0.25) is 10.2 Å². The zero-order valence-electron chi connectivity index (χ0n) is 17.0. The number of amides is 1. The van der Waals surface area contributed by atoms with Gasteiger partial charge in [0.25, 0.3) is 5.91 Å². The van der Waals surface area contributed by atoms with Crippen molar-refractivity contribution in [2.45, 2.75) is 11.4 Å². The van der Waals surface area contributed by atoms with Crippen LogP contribution in [0.2, 0.25) is 0 Å². The summed E-state index contributed by atoms with van der Waals surface area (Å²) >= 11 is 5.21. The van der Waals surface area contributed by atoms with Gasteiger partial charge in [-0.1, -0.05) is 30.3 Å². The van der Waals surface area contributed by atoms with Gasteiger partial charge in [-0.15, -0.1) is 0 Å². The lowest BCUT2D eigenvalue weighted by molar-refractivity contribution is -0.112. The van der Waals surface area contributed by atoms with Gasteiger partial charge in [0.15, 0.2) is 10.8 Å². The highest BCUT2D eigenvalue weighted by molar-refractivity contribution is 7.89. The Morgan fingerprint density at radius 3 is 2.42 bits per heavy atom. The van der Waals surface area contributed by atoms with Gasteiger partial charge in [0, 0.05) is 11.3 Å². The number of benzene rings is 3. The maximum absolute atomic E-state index is 13.9. The van der Waals surface area contributed by atoms with E-state index in [0.29, 0.717) is 16.9 Å². The molecule has 0 fully saturated rings. The van der Waals surface area contributed by atoms with Gasteiger partial charge in [0.2, 0.25) is 10.0 Å². The number of nitrogens with zero attached hydrogens (tertiary/aromatic N) is 2. The number of primary sulfonamides is 1. The van der Waals surface area contributed by atoms with Crippen LogP contribution in [0.5, 0.6) is 0 Å². The molecule has 0 radical (unpaired) electrons. The molecule has 11 heteroatoms. The van der Waals surface area contributed by atoms with E-state index in [9.17, 15) is 17.6 Å². The van der Waals surface area contributed by atoms with E-state index < -0.39 is 21.7 Å². The molecule has 3 aromatic rings. The number of thiocarbonyl (C=S) groups is 1. The Hall–Kier alpha value is -3.67. The van der Waals surface area contributed by atoms with Crippen LogP contribution in [0.3, 0.4) is 0 Å². The fourth-order valence-electron chi connectivity index (χ4n) is 3.31. The van der Waals surface area contributed by atoms with Crippen LogP contribution in [0.25, 0.3) is 0 Å². The number of nitrogens with two attached hydrogens (primary N) is 1. The molecule has 1 amide bonds. The van der Waals surface area contributed by atoms with E-state index in [2.05, 4.69) is 15.8 Å². The number of hydrogen-bond acceptors (Lipinski definition) is 5. The van der Waals surface area contributed by atoms with Crippen LogP contribution in [0.1, 0.15) is 11.1 Å². The largest absolute Gasteiger partial charge is 0.331 e. The molecular formula is C22H18FN5O3S2. The molecule has 0 saturated heterocycles. The molecule has 168 valence electrons. The lowest BCUT2D eigenvalue weighted by Gasteiger charge is -2.17. The van der Waals surface area contributed by atoms with E-state index in [1.54, 1.807) is 0 Å². The zero-order valence-corrected chi connectivity index (χ0v) is 18.7. The zero-order chi connectivity index (χ0) is 23.6. The lowest BCUT2D eigenvalue weighted by Crippen LogP contribution is -2.32. The summed E-state index contributed by atoms with van der Waals surface area (Å²) in [4.78, 5) is 14.5. The van der Waals surface area contributed by atoms with Crippen molar-refractivity contribution in [2.24, 2.45) is 10.2 Å². The molecule has 8 nitrogen and oxygen atoms in total. The summed E-state index contributed by atoms with van der Waals surface area (Å²) in [6, 6.07) is 19.0. The normalized spacial score (nSPS) is 14.3. The molecule has 0 saturated carbocycles. The molecule has 0 bridgehead atoms. The first-order valence-electron chi connectivity index (χ1n) is 9.65. The van der Waals surface area contributed by atoms with E-state index in [1.165, 1.54) is 47.4 Å². The predicted octanol–water partition coefficient (Wildman–Crippen LogP) is 2.71. The van der Waals surface area contributed by atoms with Crippen molar-refractivity contribution in [1.29, 1.82) is 0 Å². The van der Waals surface area contributed by atoms with Crippen LogP contribution in [0.4, 0.5) is 15.8 Å². The number of hydrogen-bond donors (Lipinski definition) is 3. The summed E-state index contributed by atoms with van der Waals surface area (Å²) < 4.78 is 36.6. The molecule has 1 aliphatic rings. The van der Waals surface area contributed by atoms with Gasteiger partial charge in [-0.2, -0.15) is 5.10 Å². The number of anilines is 2. The van der Waals surface area contributed by atoms with Crippen LogP contribution in [0.15, 0.2) is 82.8 Å². The standard InChI is InChI=1S/C22H18FN5O3S2/c23-15-6-11-18-19(12-15)28(13-14-4-2-1-3-5-14)21(29)20(18)26-27-22(32)25-16-7-9-17(10-8-16)33(24,30)31/h1-12H,13H2,(H2,24,30,31)(H2,25,27,32). The van der Waals surface area contributed by atoms with Crippen molar-refractivity contribution in [3.63, 3.8) is 0 Å². The molecule has 4 N–H and O–H groups in total. The molecule has 0 aromatic heterocycles. The highest BCUT2D eigenvalue weighted by Crippen LogP contribution is 2.31. The summed E-state index contributed by atoms with van der Waals surface area (Å²) in [6.45, 7) is 0.258. The van der Waals surface area contributed by atoms with Crippen molar-refractivity contribution in [3.05, 3.63) is 89.7 Å².